The summed E-state index contributed by atoms with van der Waals surface area (Å²) in [6, 6.07) is 34.5. The second-order valence-electron chi connectivity index (χ2n) is 7.86. The summed E-state index contributed by atoms with van der Waals surface area (Å²) in [5, 5.41) is 5.41. The molecule has 1 unspecified atom stereocenters. The summed E-state index contributed by atoms with van der Waals surface area (Å²) < 4.78 is 5.65. The Morgan fingerprint density at radius 1 is 0.727 bits per heavy atom. The van der Waals surface area contributed by atoms with Gasteiger partial charge >= 0.3 is 206 Å². The number of hydrogen-bond acceptors (Lipinski definition) is 2. The van der Waals surface area contributed by atoms with E-state index in [9.17, 15) is 0 Å². The van der Waals surface area contributed by atoms with Crippen LogP contribution >= 0.6 is 6.04 Å². The Hall–Kier alpha value is -1.37. The molecule has 2 aliphatic rings. The molecule has 5 aromatic rings. The van der Waals surface area contributed by atoms with Crippen LogP contribution in [0.4, 0.5) is 0 Å². The molecule has 0 saturated heterocycles. The maximum Gasteiger partial charge on any atom is 0 e. The van der Waals surface area contributed by atoms with E-state index in [-0.39, 0.29) is 50.0 Å². The molecule has 4 aromatic carbocycles. The fourth-order valence-corrected chi connectivity index (χ4v) is 19.0. The van der Waals surface area contributed by atoms with Crippen molar-refractivity contribution in [1.82, 2.24) is 4.98 Å². The van der Waals surface area contributed by atoms with Crippen LogP contribution in [0, 0.1) is 6.07 Å². The molecule has 0 aliphatic carbocycles. The fraction of sp³-hybridized carbons (Fsp3) is 0. The molecule has 1 atom stereocenters. The number of hydrogen-bond donors (Lipinski definition) is 0. The van der Waals surface area contributed by atoms with E-state index in [1.54, 1.807) is 0 Å². The van der Waals surface area contributed by atoms with E-state index in [0.29, 0.717) is 0 Å². The van der Waals surface area contributed by atoms with Crippen molar-refractivity contribution in [3.8, 4) is 11.3 Å². The Kier molecular flexibility index (Phi) is 5.62. The number of fused-ring (bicyclic) bond motifs is 5. The fourth-order valence-electron chi connectivity index (χ4n) is 4.54. The normalized spacial score (nSPS) is 17.5. The molecule has 3 heterocycles. The molecule has 0 saturated carbocycles. The zero-order valence-electron chi connectivity index (χ0n) is 17.1. The van der Waals surface area contributed by atoms with Crippen LogP contribution in [0.1, 0.15) is 0 Å². The number of pyridine rings is 1. The van der Waals surface area contributed by atoms with Gasteiger partial charge in [-0.05, 0) is 0 Å². The van der Waals surface area contributed by atoms with Gasteiger partial charge in [-0.25, -0.2) is 0 Å². The van der Waals surface area contributed by atoms with Crippen LogP contribution in [0.3, 0.4) is 0 Å². The number of rotatable bonds is 1. The molecule has 33 heavy (non-hydrogen) atoms. The van der Waals surface area contributed by atoms with Crippen molar-refractivity contribution in [1.29, 1.82) is 0 Å². The second-order valence-corrected chi connectivity index (χ2v) is 16.6. The van der Waals surface area contributed by atoms with Crippen LogP contribution < -0.4 is 33.8 Å². The minimum atomic E-state index is -2.05. The van der Waals surface area contributed by atoms with E-state index in [4.69, 9.17) is 16.8 Å². The Morgan fingerprint density at radius 2 is 1.39 bits per heavy atom. The van der Waals surface area contributed by atoms with Gasteiger partial charge in [-0.2, -0.15) is 0 Å². The Morgan fingerprint density at radius 3 is 2.18 bits per heavy atom. The van der Waals surface area contributed by atoms with Gasteiger partial charge in [0.1, 0.15) is 0 Å². The predicted molar refractivity (Wildman–Crippen MR) is 142 cm³/mol. The summed E-state index contributed by atoms with van der Waals surface area (Å²) in [5.41, 5.74) is 3.13. The van der Waals surface area contributed by atoms with Gasteiger partial charge in [-0.3, -0.25) is 0 Å². The average molecular weight is 767 g/mol. The molecule has 1 nitrogen and oxygen atoms in total. The van der Waals surface area contributed by atoms with E-state index in [0.717, 1.165) is 16.8 Å². The molecule has 0 bridgehead atoms. The zero-order chi connectivity index (χ0) is 21.3. The van der Waals surface area contributed by atoms with Gasteiger partial charge in [0.05, 0.1) is 0 Å². The topological polar surface area (TPSA) is 12.9 Å². The summed E-state index contributed by atoms with van der Waals surface area (Å²) in [4.78, 5) is 4.98. The van der Waals surface area contributed by atoms with Gasteiger partial charge in [-0.15, -0.1) is 0 Å². The molecular formula is C27H15IrNPSSe2-. The third-order valence-electron chi connectivity index (χ3n) is 6.00. The molecule has 6 heteroatoms. The first-order valence-electron chi connectivity index (χ1n) is 10.3. The molecule has 1 aromatic heterocycles. The van der Waals surface area contributed by atoms with E-state index in [1.807, 2.05) is 0 Å². The molecular weight excluding hydrogens is 751 g/mol. The van der Waals surface area contributed by atoms with E-state index in [2.05, 4.69) is 97.1 Å². The van der Waals surface area contributed by atoms with Crippen LogP contribution in [0.5, 0.6) is 0 Å². The minimum Gasteiger partial charge on any atom is 0 e. The molecule has 0 spiro atoms. The van der Waals surface area contributed by atoms with Crippen molar-refractivity contribution in [2.24, 2.45) is 0 Å². The van der Waals surface area contributed by atoms with E-state index >= 15 is 0 Å². The molecule has 0 amide bonds. The van der Waals surface area contributed by atoms with Crippen molar-refractivity contribution >= 4 is 92.4 Å². The Balaban J connectivity index is 0.00000206. The number of para-hydroxylation sites is 1. The zero-order valence-corrected chi connectivity index (χ0v) is 24.6. The molecule has 0 N–H and O–H groups in total. The van der Waals surface area contributed by atoms with Gasteiger partial charge in [-0.1, -0.05) is 0 Å². The monoisotopic (exact) mass is 769 g/mol. The number of aromatic nitrogens is 1. The summed E-state index contributed by atoms with van der Waals surface area (Å²) >= 11 is 7.13. The summed E-state index contributed by atoms with van der Waals surface area (Å²) in [6.45, 7) is 0. The van der Waals surface area contributed by atoms with Gasteiger partial charge in [0.15, 0.2) is 0 Å². The van der Waals surface area contributed by atoms with E-state index < -0.39 is 6.04 Å². The van der Waals surface area contributed by atoms with E-state index in [1.165, 1.54) is 39.1 Å². The van der Waals surface area contributed by atoms with Crippen molar-refractivity contribution in [2.75, 3.05) is 0 Å². The largest absolute Gasteiger partial charge is 0 e. The smallest absolute Gasteiger partial charge is 0 e. The first-order valence-corrected chi connectivity index (χ1v) is 16.6. The molecule has 2 aliphatic heterocycles. The van der Waals surface area contributed by atoms with Crippen molar-refractivity contribution in [2.45, 2.75) is 0 Å². The number of nitrogens with zero attached hydrogens (tertiary/aromatic N) is 1. The van der Waals surface area contributed by atoms with Gasteiger partial charge in [0.25, 0.3) is 0 Å². The third kappa shape index (κ3) is 3.34. The molecule has 161 valence electrons. The first kappa shape index (κ1) is 22.1. The van der Waals surface area contributed by atoms with Crippen molar-refractivity contribution in [3.63, 3.8) is 0 Å². The van der Waals surface area contributed by atoms with Gasteiger partial charge in [0, 0.05) is 20.1 Å². The SMILES string of the molecule is S=P12c3ccccc3[Se]c3[c-]c(-c4ccc5ccccc5n4)cc(c31)[Se]c1ccccc12.[Ir]. The molecule has 7 rings (SSSR count). The average Bonchev–Trinajstić information content (AvgIpc) is 2.84. The molecule has 1 radical (unpaired) electrons. The van der Waals surface area contributed by atoms with Gasteiger partial charge in [0.2, 0.25) is 0 Å². The van der Waals surface area contributed by atoms with Crippen LogP contribution in [0.25, 0.3) is 22.2 Å². The summed E-state index contributed by atoms with van der Waals surface area (Å²) in [6.07, 6.45) is 0. The van der Waals surface area contributed by atoms with Crippen LogP contribution in [0.2, 0.25) is 0 Å². The predicted octanol–water partition coefficient (Wildman–Crippen LogP) is 1.39. The maximum atomic E-state index is 6.68. The quantitative estimate of drug-likeness (QED) is 0.143. The Bertz CT molecular complexity index is 1560. The third-order valence-corrected chi connectivity index (χ3v) is 16.9. The second kappa shape index (κ2) is 8.38. The van der Waals surface area contributed by atoms with Crippen LogP contribution in [-0.4, -0.2) is 34.9 Å². The first-order chi connectivity index (χ1) is 15.7. The van der Waals surface area contributed by atoms with Crippen molar-refractivity contribution in [3.05, 3.63) is 97.1 Å². The standard InChI is InChI=1S/C27H15NPSSe2.Ir/c30-29-21-9-3-5-11-23(21)31-25-15-18(20-14-13-17-7-1-2-8-19(17)28-20)16-26(27(25)29)32-24-12-6-4-10-22(24)29;/h1-15H;/q-1;. The van der Waals surface area contributed by atoms with Crippen LogP contribution in [0.15, 0.2) is 91.0 Å². The van der Waals surface area contributed by atoms with Crippen molar-refractivity contribution < 1.29 is 20.1 Å². The minimum absolute atomic E-state index is 0. The molecule has 0 fully saturated rings. The summed E-state index contributed by atoms with van der Waals surface area (Å²) in [5.74, 6) is 0. The van der Waals surface area contributed by atoms with Gasteiger partial charge < -0.3 is 0 Å². The number of benzene rings is 4. The van der Waals surface area contributed by atoms with Crippen LogP contribution in [-0.2, 0) is 31.9 Å². The maximum absolute atomic E-state index is 6.68. The Labute approximate surface area is 224 Å². The summed E-state index contributed by atoms with van der Waals surface area (Å²) in [7, 11) is 0.